The Balaban J connectivity index is 1.87. The Labute approximate surface area is 157 Å². The van der Waals surface area contributed by atoms with E-state index in [1.807, 2.05) is 29.2 Å². The van der Waals surface area contributed by atoms with Crippen molar-refractivity contribution in [3.63, 3.8) is 0 Å². The van der Waals surface area contributed by atoms with E-state index in [0.717, 1.165) is 31.4 Å². The van der Waals surface area contributed by atoms with Gasteiger partial charge in [0.15, 0.2) is 0 Å². The van der Waals surface area contributed by atoms with Crippen LogP contribution in [-0.2, 0) is 5.54 Å². The first-order chi connectivity index (χ1) is 12.6. The molecule has 3 rings (SSSR count). The van der Waals surface area contributed by atoms with Crippen LogP contribution in [0.3, 0.4) is 0 Å². The van der Waals surface area contributed by atoms with Crippen molar-refractivity contribution in [2.75, 3.05) is 6.54 Å². The summed E-state index contributed by atoms with van der Waals surface area (Å²) in [7, 11) is 2.08. The second kappa shape index (κ2) is 7.82. The van der Waals surface area contributed by atoms with Crippen LogP contribution in [-0.4, -0.2) is 25.3 Å². The smallest absolute Gasteiger partial charge is 0.318 e. The Morgan fingerprint density at radius 1 is 1.23 bits per heavy atom. The molecule has 1 aliphatic rings. The molecule has 1 fully saturated rings. The van der Waals surface area contributed by atoms with E-state index in [0.29, 0.717) is 0 Å². The van der Waals surface area contributed by atoms with Gasteiger partial charge in [-0.3, -0.25) is 0 Å². The number of hydrogen-bond acceptors (Lipinski definition) is 1. The summed E-state index contributed by atoms with van der Waals surface area (Å²) < 4.78 is 0. The highest BCUT2D eigenvalue weighted by molar-refractivity contribution is 6.32. The van der Waals surface area contributed by atoms with Crippen molar-refractivity contribution in [1.82, 2.24) is 10.2 Å². The van der Waals surface area contributed by atoms with Gasteiger partial charge in [-0.15, -0.1) is 6.58 Å². The first-order valence-corrected chi connectivity index (χ1v) is 9.37. The van der Waals surface area contributed by atoms with Gasteiger partial charge in [-0.1, -0.05) is 66.1 Å². The molecular weight excluding hydrogens is 319 g/mol. The quantitative estimate of drug-likeness (QED) is 0.654. The van der Waals surface area contributed by atoms with Crippen LogP contribution < -0.4 is 10.8 Å². The maximum absolute atomic E-state index is 13.1. The van der Waals surface area contributed by atoms with Crippen LogP contribution in [0.25, 0.3) is 0 Å². The van der Waals surface area contributed by atoms with Gasteiger partial charge < -0.3 is 10.2 Å². The molecule has 1 unspecified atom stereocenters. The van der Waals surface area contributed by atoms with E-state index in [1.165, 1.54) is 11.0 Å². The number of hydrogen-bond donors (Lipinski definition) is 1. The number of nitrogens with zero attached hydrogens (tertiary/aromatic N) is 1. The summed E-state index contributed by atoms with van der Waals surface area (Å²) >= 11 is 0. The van der Waals surface area contributed by atoms with Crippen LogP contribution in [0.4, 0.5) is 4.79 Å². The summed E-state index contributed by atoms with van der Waals surface area (Å²) in [4.78, 5) is 15.1. The molecule has 0 aliphatic carbocycles. The third-order valence-electron chi connectivity index (χ3n) is 5.46. The molecule has 134 valence electrons. The minimum absolute atomic E-state index is 0.00118. The Morgan fingerprint density at radius 3 is 2.58 bits per heavy atom. The van der Waals surface area contributed by atoms with Crippen LogP contribution in [0.15, 0.2) is 67.3 Å². The fourth-order valence-electron chi connectivity index (χ4n) is 3.88. The zero-order chi connectivity index (χ0) is 18.6. The topological polar surface area (TPSA) is 32.3 Å². The third-order valence-corrected chi connectivity index (χ3v) is 5.46. The Morgan fingerprint density at radius 2 is 1.92 bits per heavy atom. The molecule has 26 heavy (non-hydrogen) atoms. The largest absolute Gasteiger partial charge is 0.328 e. The van der Waals surface area contributed by atoms with Crippen molar-refractivity contribution in [2.24, 2.45) is 0 Å². The molecule has 2 aromatic carbocycles. The van der Waals surface area contributed by atoms with E-state index in [-0.39, 0.29) is 17.6 Å². The number of amides is 2. The number of carbonyl (C=O) groups is 1. The fraction of sp³-hybridized carbons (Fsp3) is 0.318. The summed E-state index contributed by atoms with van der Waals surface area (Å²) in [5, 5.41) is 3.34. The molecule has 2 aromatic rings. The average molecular weight is 346 g/mol. The Hall–Kier alpha value is -2.49. The van der Waals surface area contributed by atoms with Gasteiger partial charge in [0.2, 0.25) is 0 Å². The van der Waals surface area contributed by atoms with Gasteiger partial charge in [-0.05, 0) is 37.3 Å². The zero-order valence-electron chi connectivity index (χ0n) is 15.7. The van der Waals surface area contributed by atoms with Crippen LogP contribution in [0, 0.1) is 0 Å². The highest BCUT2D eigenvalue weighted by Gasteiger charge is 2.37. The second-order valence-corrected chi connectivity index (χ2v) is 7.25. The Bertz CT molecular complexity index is 759. The predicted octanol–water partition coefficient (Wildman–Crippen LogP) is 3.28. The first kappa shape index (κ1) is 18.3. The summed E-state index contributed by atoms with van der Waals surface area (Å²) in [5.41, 5.74) is 3.18. The standard InChI is InChI=1S/C22H27BN2O/c1-3-14-22(19-8-5-4-6-9-19)15-7-16-25(21(26)24-22)17(2)18-10-12-20(23)13-11-18/h3-6,8-13,17H,1,7,14-16,23H2,2H3,(H,24,26)/t17-,22?/m0/s1. The van der Waals surface area contributed by atoms with E-state index in [9.17, 15) is 4.79 Å². The molecular formula is C22H27BN2O. The molecule has 1 aliphatic heterocycles. The van der Waals surface area contributed by atoms with Crippen molar-refractivity contribution < 1.29 is 4.79 Å². The van der Waals surface area contributed by atoms with Crippen LogP contribution in [0.1, 0.15) is 43.4 Å². The number of rotatable bonds is 5. The molecule has 4 heteroatoms. The van der Waals surface area contributed by atoms with Crippen LogP contribution in [0.2, 0.25) is 0 Å². The molecule has 0 aromatic heterocycles. The molecule has 0 bridgehead atoms. The van der Waals surface area contributed by atoms with E-state index >= 15 is 0 Å². The summed E-state index contributed by atoms with van der Waals surface area (Å²) in [6.45, 7) is 6.79. The number of benzene rings is 2. The molecule has 1 N–H and O–H groups in total. The van der Waals surface area contributed by atoms with Crippen molar-refractivity contribution in [2.45, 2.75) is 37.8 Å². The molecule has 1 heterocycles. The fourth-order valence-corrected chi connectivity index (χ4v) is 3.88. The second-order valence-electron chi connectivity index (χ2n) is 7.25. The molecule has 1 saturated heterocycles. The van der Waals surface area contributed by atoms with E-state index < -0.39 is 0 Å². The van der Waals surface area contributed by atoms with Gasteiger partial charge in [0.1, 0.15) is 7.85 Å². The minimum Gasteiger partial charge on any atom is -0.328 e. The summed E-state index contributed by atoms with van der Waals surface area (Å²) in [6.07, 6.45) is 4.51. The Kier molecular flexibility index (Phi) is 5.50. The maximum atomic E-state index is 13.1. The molecule has 2 atom stereocenters. The van der Waals surface area contributed by atoms with Crippen LogP contribution >= 0.6 is 0 Å². The zero-order valence-corrected chi connectivity index (χ0v) is 15.7. The van der Waals surface area contributed by atoms with Gasteiger partial charge in [0.05, 0.1) is 11.6 Å². The van der Waals surface area contributed by atoms with Gasteiger partial charge in [0.25, 0.3) is 0 Å². The van der Waals surface area contributed by atoms with E-state index in [1.54, 1.807) is 0 Å². The molecule has 3 nitrogen and oxygen atoms in total. The van der Waals surface area contributed by atoms with Crippen LogP contribution in [0.5, 0.6) is 0 Å². The van der Waals surface area contributed by atoms with Gasteiger partial charge >= 0.3 is 6.03 Å². The minimum atomic E-state index is -0.373. The van der Waals surface area contributed by atoms with Crippen molar-refractivity contribution in [3.8, 4) is 0 Å². The lowest BCUT2D eigenvalue weighted by Crippen LogP contribution is -2.49. The molecule has 0 spiro atoms. The molecule has 0 radical (unpaired) electrons. The molecule has 0 saturated carbocycles. The van der Waals surface area contributed by atoms with Crippen molar-refractivity contribution >= 4 is 19.3 Å². The van der Waals surface area contributed by atoms with E-state index in [2.05, 4.69) is 63.1 Å². The highest BCUT2D eigenvalue weighted by atomic mass is 16.2. The van der Waals surface area contributed by atoms with Crippen molar-refractivity contribution in [3.05, 3.63) is 78.4 Å². The number of urea groups is 1. The summed E-state index contributed by atoms with van der Waals surface area (Å²) in [5.74, 6) is 0. The van der Waals surface area contributed by atoms with E-state index in [4.69, 9.17) is 0 Å². The molecule has 2 amide bonds. The monoisotopic (exact) mass is 346 g/mol. The normalized spacial score (nSPS) is 21.6. The average Bonchev–Trinajstić information content (AvgIpc) is 2.82. The lowest BCUT2D eigenvalue weighted by atomic mass is 9.83. The highest BCUT2D eigenvalue weighted by Crippen LogP contribution is 2.34. The predicted molar refractivity (Wildman–Crippen MR) is 110 cm³/mol. The summed E-state index contributed by atoms with van der Waals surface area (Å²) in [6, 6.07) is 18.8. The van der Waals surface area contributed by atoms with Gasteiger partial charge in [-0.25, -0.2) is 4.79 Å². The van der Waals surface area contributed by atoms with Crippen molar-refractivity contribution in [1.29, 1.82) is 0 Å². The van der Waals surface area contributed by atoms with Gasteiger partial charge in [0, 0.05) is 6.54 Å². The lowest BCUT2D eigenvalue weighted by Gasteiger charge is -2.34. The number of carbonyl (C=O) groups excluding carboxylic acids is 1. The lowest BCUT2D eigenvalue weighted by molar-refractivity contribution is 0.178. The number of nitrogens with one attached hydrogen (secondary N) is 1. The maximum Gasteiger partial charge on any atom is 0.318 e. The van der Waals surface area contributed by atoms with Gasteiger partial charge in [-0.2, -0.15) is 0 Å². The third kappa shape index (κ3) is 3.69. The first-order valence-electron chi connectivity index (χ1n) is 9.37. The SMILES string of the molecule is Bc1ccc([C@H](C)N2CCCC(CC=C)(c3ccccc3)NC2=O)cc1.